The summed E-state index contributed by atoms with van der Waals surface area (Å²) in [6.45, 7) is 1.37. The molecule has 1 saturated heterocycles. The van der Waals surface area contributed by atoms with Gasteiger partial charge in [0.15, 0.2) is 0 Å². The van der Waals surface area contributed by atoms with Crippen molar-refractivity contribution >= 4 is 26.6 Å². The van der Waals surface area contributed by atoms with Crippen molar-refractivity contribution in [2.75, 3.05) is 31.6 Å². The van der Waals surface area contributed by atoms with Crippen LogP contribution in [-0.4, -0.2) is 61.6 Å². The maximum Gasteiger partial charge on any atom is 0.534 e. The van der Waals surface area contributed by atoms with E-state index in [0.717, 1.165) is 19.4 Å². The Hall–Kier alpha value is -3.19. The number of aromatic nitrogens is 2. The summed E-state index contributed by atoms with van der Waals surface area (Å²) < 4.78 is 87.7. The smallest absolute Gasteiger partial charge is 0.462 e. The van der Waals surface area contributed by atoms with Crippen LogP contribution in [0.5, 0.6) is 11.9 Å². The van der Waals surface area contributed by atoms with Crippen LogP contribution < -0.4 is 13.8 Å². The van der Waals surface area contributed by atoms with Crippen molar-refractivity contribution in [2.24, 2.45) is 0 Å². The minimum atomic E-state index is -5.96. The van der Waals surface area contributed by atoms with Crippen molar-refractivity contribution in [3.05, 3.63) is 53.5 Å². The molecule has 0 amide bonds. The molecule has 2 aliphatic rings. The zero-order chi connectivity index (χ0) is 26.4. The van der Waals surface area contributed by atoms with Crippen LogP contribution in [0.25, 0.3) is 10.8 Å². The molecule has 0 spiro atoms. The lowest BCUT2D eigenvalue weighted by atomic mass is 10.0. The van der Waals surface area contributed by atoms with Crippen LogP contribution in [0.3, 0.4) is 0 Å². The number of likely N-dealkylation sites (tertiary alicyclic amines) is 1. The number of benzene rings is 2. The first kappa shape index (κ1) is 25.5. The minimum absolute atomic E-state index is 0.0629. The summed E-state index contributed by atoms with van der Waals surface area (Å²) in [5, 5.41) is 1.09. The lowest BCUT2D eigenvalue weighted by Gasteiger charge is -2.31. The van der Waals surface area contributed by atoms with Crippen LogP contribution in [0, 0.1) is 5.82 Å². The second-order valence-corrected chi connectivity index (χ2v) is 10.6. The van der Waals surface area contributed by atoms with E-state index in [2.05, 4.69) is 19.1 Å². The van der Waals surface area contributed by atoms with Gasteiger partial charge in [-0.25, -0.2) is 4.39 Å². The minimum Gasteiger partial charge on any atom is -0.462 e. The monoisotopic (exact) mass is 540 g/mol. The average molecular weight is 541 g/mol. The quantitative estimate of drug-likeness (QED) is 0.263. The molecule has 3 aromatic rings. The Morgan fingerprint density at radius 3 is 2.57 bits per heavy atom. The molecule has 13 heteroatoms. The molecule has 0 N–H and O–H groups in total. The highest BCUT2D eigenvalue weighted by Gasteiger charge is 2.49. The van der Waals surface area contributed by atoms with E-state index in [0.29, 0.717) is 16.5 Å². The number of halogens is 4. The molecule has 0 aliphatic carbocycles. The van der Waals surface area contributed by atoms with Gasteiger partial charge in [0.2, 0.25) is 5.88 Å². The molecule has 5 rings (SSSR count). The maximum absolute atomic E-state index is 14.7. The van der Waals surface area contributed by atoms with Crippen LogP contribution >= 0.6 is 0 Å². The highest BCUT2D eigenvalue weighted by atomic mass is 32.2. The Morgan fingerprint density at radius 1 is 1.11 bits per heavy atom. The first-order valence-corrected chi connectivity index (χ1v) is 13.1. The number of fused-ring (bicyclic) bond motifs is 2. The van der Waals surface area contributed by atoms with Crippen molar-refractivity contribution in [3.63, 3.8) is 0 Å². The third-order valence-corrected chi connectivity index (χ3v) is 7.67. The molecule has 1 fully saturated rings. The summed E-state index contributed by atoms with van der Waals surface area (Å²) in [7, 11) is -4.03. The van der Waals surface area contributed by atoms with Gasteiger partial charge in [0.05, 0.1) is 12.2 Å². The second kappa shape index (κ2) is 9.60. The summed E-state index contributed by atoms with van der Waals surface area (Å²) in [5.41, 5.74) is -4.66. The molecular weight excluding hydrogens is 516 g/mol. The van der Waals surface area contributed by atoms with Crippen LogP contribution in [0.15, 0.2) is 36.4 Å². The first-order chi connectivity index (χ1) is 17.5. The molecule has 2 aliphatic heterocycles. The lowest BCUT2D eigenvalue weighted by molar-refractivity contribution is -0.0502. The molecule has 0 saturated carbocycles. The maximum atomic E-state index is 14.7. The van der Waals surface area contributed by atoms with Gasteiger partial charge in [-0.05, 0) is 50.4 Å². The van der Waals surface area contributed by atoms with Crippen LogP contribution in [0.1, 0.15) is 24.1 Å². The summed E-state index contributed by atoms with van der Waals surface area (Å²) >= 11 is 0. The molecule has 198 valence electrons. The van der Waals surface area contributed by atoms with E-state index < -0.39 is 27.3 Å². The Bertz CT molecular complexity index is 1430. The number of anilines is 1. The van der Waals surface area contributed by atoms with E-state index in [4.69, 9.17) is 4.74 Å². The molecule has 2 aromatic carbocycles. The molecule has 1 aromatic heterocycles. The van der Waals surface area contributed by atoms with Gasteiger partial charge in [-0.2, -0.15) is 31.6 Å². The van der Waals surface area contributed by atoms with E-state index in [9.17, 15) is 26.0 Å². The summed E-state index contributed by atoms with van der Waals surface area (Å²) in [4.78, 5) is 12.2. The zero-order valence-electron chi connectivity index (χ0n) is 19.8. The number of alkyl halides is 3. The van der Waals surface area contributed by atoms with Crippen LogP contribution in [0.4, 0.5) is 23.2 Å². The molecule has 0 bridgehead atoms. The summed E-state index contributed by atoms with van der Waals surface area (Å²) in [5.74, 6) is -1.12. The van der Waals surface area contributed by atoms with Crippen LogP contribution in [-0.2, 0) is 23.1 Å². The SMILES string of the molecule is CN1CCC[C@H]1COc1nc2c(c(OS(=O)(=O)C(F)(F)F)n1)CCN(c1cccc3cccc(F)c13)C2. The molecule has 3 heterocycles. The van der Waals surface area contributed by atoms with E-state index in [-0.39, 0.29) is 49.4 Å². The molecular formula is C24H24F4N4O4S. The van der Waals surface area contributed by atoms with Gasteiger partial charge in [-0.15, -0.1) is 0 Å². The van der Waals surface area contributed by atoms with Gasteiger partial charge in [0.25, 0.3) is 0 Å². The Morgan fingerprint density at radius 2 is 1.86 bits per heavy atom. The number of hydrogen-bond donors (Lipinski definition) is 0. The molecule has 8 nitrogen and oxygen atoms in total. The Kier molecular flexibility index (Phi) is 6.61. The normalized spacial score (nSPS) is 18.7. The number of ether oxygens (including phenoxy) is 1. The van der Waals surface area contributed by atoms with Crippen molar-refractivity contribution in [2.45, 2.75) is 37.4 Å². The summed E-state index contributed by atoms with van der Waals surface area (Å²) in [6, 6.07) is 9.84. The van der Waals surface area contributed by atoms with E-state index >= 15 is 0 Å². The van der Waals surface area contributed by atoms with Gasteiger partial charge >= 0.3 is 21.6 Å². The molecule has 1 atom stereocenters. The predicted octanol–water partition coefficient (Wildman–Crippen LogP) is 4.03. The van der Waals surface area contributed by atoms with Crippen molar-refractivity contribution in [3.8, 4) is 11.9 Å². The van der Waals surface area contributed by atoms with E-state index in [1.807, 2.05) is 11.9 Å². The van der Waals surface area contributed by atoms with Gasteiger partial charge < -0.3 is 18.7 Å². The predicted molar refractivity (Wildman–Crippen MR) is 127 cm³/mol. The Labute approximate surface area is 210 Å². The zero-order valence-corrected chi connectivity index (χ0v) is 20.6. The van der Waals surface area contributed by atoms with Crippen LogP contribution in [0.2, 0.25) is 0 Å². The largest absolute Gasteiger partial charge is 0.534 e. The van der Waals surface area contributed by atoms with Gasteiger partial charge in [0, 0.05) is 29.2 Å². The van der Waals surface area contributed by atoms with Crippen molar-refractivity contribution < 1.29 is 34.9 Å². The fourth-order valence-corrected chi connectivity index (χ4v) is 5.21. The molecule has 0 radical (unpaired) electrons. The Balaban J connectivity index is 1.51. The standard InChI is InChI=1S/C24H24F4N4O4S/c1-31-11-4-7-16(31)14-35-23-29-19-13-32(20-9-3-6-15-5-2-8-18(25)21(15)20)12-10-17(19)22(30-23)36-37(33,34)24(26,27)28/h2-3,5-6,8-9,16H,4,7,10-14H2,1H3/t16-/m0/s1. The highest BCUT2D eigenvalue weighted by Crippen LogP contribution is 2.36. The van der Waals surface area contributed by atoms with Gasteiger partial charge in [-0.1, -0.05) is 24.3 Å². The summed E-state index contributed by atoms with van der Waals surface area (Å²) in [6.07, 6.45) is 1.92. The number of nitrogens with zero attached hydrogens (tertiary/aromatic N) is 4. The van der Waals surface area contributed by atoms with Crippen molar-refractivity contribution in [1.29, 1.82) is 0 Å². The number of rotatable bonds is 6. The third-order valence-electron chi connectivity index (χ3n) is 6.73. The topological polar surface area (TPSA) is 84.9 Å². The highest BCUT2D eigenvalue weighted by molar-refractivity contribution is 7.87. The van der Waals surface area contributed by atoms with Gasteiger partial charge in [0.1, 0.15) is 12.4 Å². The third kappa shape index (κ3) is 5.01. The van der Waals surface area contributed by atoms with Crippen molar-refractivity contribution in [1.82, 2.24) is 14.9 Å². The fraction of sp³-hybridized carbons (Fsp3) is 0.417. The fourth-order valence-electron chi connectivity index (χ4n) is 4.76. The van der Waals surface area contributed by atoms with E-state index in [1.54, 1.807) is 30.3 Å². The molecule has 37 heavy (non-hydrogen) atoms. The average Bonchev–Trinajstić information content (AvgIpc) is 3.26. The second-order valence-electron chi connectivity index (χ2n) is 9.09. The molecule has 0 unspecified atom stereocenters. The van der Waals surface area contributed by atoms with Gasteiger partial charge in [-0.3, -0.25) is 0 Å². The van der Waals surface area contributed by atoms with E-state index in [1.165, 1.54) is 6.07 Å². The first-order valence-electron chi connectivity index (χ1n) is 11.7. The number of hydrogen-bond acceptors (Lipinski definition) is 8. The lowest BCUT2D eigenvalue weighted by Crippen LogP contribution is -2.34. The number of likely N-dealkylation sites (N-methyl/N-ethyl adjacent to an activating group) is 1.